The highest BCUT2D eigenvalue weighted by atomic mass is 16.5. The Morgan fingerprint density at radius 1 is 0.943 bits per heavy atom. The quantitative estimate of drug-likeness (QED) is 0.173. The molecule has 3 rings (SSSR count). The summed E-state index contributed by atoms with van der Waals surface area (Å²) in [5, 5.41) is 0.725. The summed E-state index contributed by atoms with van der Waals surface area (Å²) in [6.45, 7) is 7.27. The number of ether oxygens (including phenoxy) is 1. The topological polar surface area (TPSA) is 68.7 Å². The van der Waals surface area contributed by atoms with Gasteiger partial charge in [-0.25, -0.2) is 0 Å². The third kappa shape index (κ3) is 7.60. The highest BCUT2D eigenvalue weighted by Gasteiger charge is 2.22. The third-order valence-corrected chi connectivity index (χ3v) is 6.26. The Balaban J connectivity index is 1.72. The van der Waals surface area contributed by atoms with E-state index in [0.717, 1.165) is 57.0 Å². The number of furan rings is 1. The Morgan fingerprint density at radius 3 is 2.26 bits per heavy atom. The van der Waals surface area contributed by atoms with Crippen LogP contribution in [0.5, 0.6) is 5.75 Å². The summed E-state index contributed by atoms with van der Waals surface area (Å²) in [6.07, 6.45) is 7.36. The number of nitrogens with zero attached hydrogens (tertiary/aromatic N) is 1. The van der Waals surface area contributed by atoms with E-state index in [9.17, 15) is 4.79 Å². The van der Waals surface area contributed by atoms with Crippen LogP contribution in [0, 0.1) is 0 Å². The molecule has 2 aromatic carbocycles. The summed E-state index contributed by atoms with van der Waals surface area (Å²) in [5.74, 6) is 0.954. The Labute approximate surface area is 213 Å². The predicted molar refractivity (Wildman–Crippen MR) is 145 cm³/mol. The lowest BCUT2D eigenvalue weighted by Crippen LogP contribution is -2.28. The van der Waals surface area contributed by atoms with E-state index in [1.54, 1.807) is 36.4 Å². The minimum absolute atomic E-state index is 0.132. The molecule has 0 aliphatic rings. The first-order valence-corrected chi connectivity index (χ1v) is 13.1. The van der Waals surface area contributed by atoms with Gasteiger partial charge in [-0.05, 0) is 81.2 Å². The number of ketones is 1. The predicted octanol–water partition coefficient (Wildman–Crippen LogP) is 7.26. The fourth-order valence-electron chi connectivity index (χ4n) is 4.18. The summed E-state index contributed by atoms with van der Waals surface area (Å²) < 4.78 is 28.5. The van der Waals surface area contributed by atoms with Crippen LogP contribution < -0.4 is 10.5 Å². The van der Waals surface area contributed by atoms with Crippen LogP contribution in [0.25, 0.3) is 11.0 Å². The lowest BCUT2D eigenvalue weighted by Gasteiger charge is -2.21. The molecular weight excluding hydrogens is 436 g/mol. The summed E-state index contributed by atoms with van der Waals surface area (Å²) in [5.41, 5.74) is 8.30. The van der Waals surface area contributed by atoms with E-state index in [1.165, 1.54) is 0 Å². The fraction of sp³-hybridized carbons (Fsp3) is 0.500. The summed E-state index contributed by atoms with van der Waals surface area (Å²) in [7, 11) is 0. The Kier molecular flexibility index (Phi) is 9.53. The summed E-state index contributed by atoms with van der Waals surface area (Å²) in [4.78, 5) is 15.9. The fourth-order valence-corrected chi connectivity index (χ4v) is 4.18. The third-order valence-electron chi connectivity index (χ3n) is 6.26. The Bertz CT molecular complexity index is 1130. The molecule has 0 amide bonds. The molecule has 35 heavy (non-hydrogen) atoms. The van der Waals surface area contributed by atoms with E-state index in [1.807, 2.05) is 6.07 Å². The molecule has 0 unspecified atom stereocenters. The summed E-state index contributed by atoms with van der Waals surface area (Å²) in [6, 6.07) is 12.1. The zero-order valence-corrected chi connectivity index (χ0v) is 21.6. The molecule has 0 saturated carbocycles. The SMILES string of the molecule is [2H]C([2H])(CCN(CCCC)CCCC)Oc1ccc(C(=O)c2c(CCCC)oc3ccc(N)cc23)cc1. The van der Waals surface area contributed by atoms with Crippen molar-refractivity contribution >= 4 is 22.4 Å². The van der Waals surface area contributed by atoms with Crippen LogP contribution >= 0.6 is 0 Å². The monoisotopic (exact) mass is 480 g/mol. The van der Waals surface area contributed by atoms with Crippen LogP contribution in [0.4, 0.5) is 5.69 Å². The van der Waals surface area contributed by atoms with Gasteiger partial charge in [-0.2, -0.15) is 0 Å². The minimum Gasteiger partial charge on any atom is -0.494 e. The van der Waals surface area contributed by atoms with E-state index in [0.29, 0.717) is 46.9 Å². The first-order chi connectivity index (χ1) is 17.8. The number of nitrogens with two attached hydrogens (primary N) is 1. The smallest absolute Gasteiger partial charge is 0.197 e. The lowest BCUT2D eigenvalue weighted by molar-refractivity contribution is 0.103. The first kappa shape index (κ1) is 23.9. The maximum absolute atomic E-state index is 13.5. The van der Waals surface area contributed by atoms with Crippen molar-refractivity contribution in [3.8, 4) is 5.75 Å². The van der Waals surface area contributed by atoms with E-state index >= 15 is 0 Å². The molecule has 0 radical (unpaired) electrons. The number of hydrogen-bond acceptors (Lipinski definition) is 5. The number of carbonyl (C=O) groups excluding carboxylic acids is 1. The van der Waals surface area contributed by atoms with Gasteiger partial charge < -0.3 is 19.8 Å². The zero-order valence-electron chi connectivity index (χ0n) is 23.6. The number of rotatable bonds is 16. The minimum atomic E-state index is -1.80. The van der Waals surface area contributed by atoms with E-state index in [2.05, 4.69) is 25.7 Å². The standard InChI is InChI=1S/C30H42N2O3/c1-4-7-11-28-29(26-22-24(31)14-17-27(26)35-28)30(33)23-12-15-25(16-13-23)34-21-10-20-32(18-8-5-2)19-9-6-3/h12-17,22H,4-11,18-21,31H2,1-3H3/i21D2. The zero-order chi connectivity index (χ0) is 26.8. The number of unbranched alkanes of at least 4 members (excludes halogenated alkanes) is 3. The molecule has 0 bridgehead atoms. The molecule has 0 fully saturated rings. The van der Waals surface area contributed by atoms with Gasteiger partial charge in [-0.1, -0.05) is 40.0 Å². The molecular formula is C30H42N2O3. The van der Waals surface area contributed by atoms with E-state index in [4.69, 9.17) is 17.6 Å². The second kappa shape index (κ2) is 13.9. The van der Waals surface area contributed by atoms with Crippen LogP contribution in [0.3, 0.4) is 0 Å². The molecule has 0 atom stereocenters. The van der Waals surface area contributed by atoms with E-state index in [-0.39, 0.29) is 12.2 Å². The maximum atomic E-state index is 13.5. The molecule has 5 heteroatoms. The molecule has 1 heterocycles. The van der Waals surface area contributed by atoms with Crippen LogP contribution in [0.15, 0.2) is 46.9 Å². The van der Waals surface area contributed by atoms with Gasteiger partial charge in [0.05, 0.1) is 14.9 Å². The molecule has 190 valence electrons. The second-order valence-corrected chi connectivity index (χ2v) is 9.16. The van der Waals surface area contributed by atoms with Gasteiger partial charge in [-0.15, -0.1) is 0 Å². The van der Waals surface area contributed by atoms with Crippen LogP contribution in [-0.4, -0.2) is 36.9 Å². The normalized spacial score (nSPS) is 12.7. The highest BCUT2D eigenvalue weighted by Crippen LogP contribution is 2.31. The van der Waals surface area contributed by atoms with Crippen molar-refractivity contribution in [3.05, 3.63) is 59.4 Å². The largest absolute Gasteiger partial charge is 0.494 e. The molecule has 5 nitrogen and oxygen atoms in total. The molecule has 0 saturated heterocycles. The van der Waals surface area contributed by atoms with Crippen molar-refractivity contribution in [1.29, 1.82) is 0 Å². The number of nitrogen functional groups attached to an aromatic ring is 1. The van der Waals surface area contributed by atoms with Gasteiger partial charge in [0, 0.05) is 29.6 Å². The molecule has 0 aliphatic heterocycles. The summed E-state index contributed by atoms with van der Waals surface area (Å²) >= 11 is 0. The maximum Gasteiger partial charge on any atom is 0.197 e. The van der Waals surface area contributed by atoms with Crippen molar-refractivity contribution in [3.63, 3.8) is 0 Å². The Morgan fingerprint density at radius 2 is 1.60 bits per heavy atom. The van der Waals surface area contributed by atoms with Crippen LogP contribution in [-0.2, 0) is 6.42 Å². The van der Waals surface area contributed by atoms with Crippen molar-refractivity contribution in [2.45, 2.75) is 72.1 Å². The van der Waals surface area contributed by atoms with E-state index < -0.39 is 6.56 Å². The van der Waals surface area contributed by atoms with Gasteiger partial charge in [0.15, 0.2) is 5.78 Å². The van der Waals surface area contributed by atoms with Crippen LogP contribution in [0.2, 0.25) is 0 Å². The average Bonchev–Trinajstić information content (AvgIpc) is 3.24. The molecule has 0 aliphatic carbocycles. The molecule has 2 N–H and O–H groups in total. The van der Waals surface area contributed by atoms with Gasteiger partial charge in [0.2, 0.25) is 0 Å². The lowest BCUT2D eigenvalue weighted by atomic mass is 9.98. The number of aryl methyl sites for hydroxylation is 1. The van der Waals surface area contributed by atoms with Gasteiger partial charge >= 0.3 is 0 Å². The number of fused-ring (bicyclic) bond motifs is 1. The number of benzene rings is 2. The Hall–Kier alpha value is -2.79. The van der Waals surface area contributed by atoms with Gasteiger partial charge in [0.1, 0.15) is 17.1 Å². The average molecular weight is 481 g/mol. The number of hydrogen-bond donors (Lipinski definition) is 1. The van der Waals surface area contributed by atoms with Crippen molar-refractivity contribution < 1.29 is 16.7 Å². The van der Waals surface area contributed by atoms with Gasteiger partial charge in [0.25, 0.3) is 0 Å². The molecule has 0 spiro atoms. The molecule has 3 aromatic rings. The second-order valence-electron chi connectivity index (χ2n) is 9.16. The number of carbonyl (C=O) groups is 1. The van der Waals surface area contributed by atoms with Crippen molar-refractivity contribution in [1.82, 2.24) is 4.90 Å². The molecule has 1 aromatic heterocycles. The number of anilines is 1. The van der Waals surface area contributed by atoms with Crippen molar-refractivity contribution in [2.24, 2.45) is 0 Å². The van der Waals surface area contributed by atoms with Crippen molar-refractivity contribution in [2.75, 3.05) is 31.9 Å². The van der Waals surface area contributed by atoms with Gasteiger partial charge in [-0.3, -0.25) is 4.79 Å². The highest BCUT2D eigenvalue weighted by molar-refractivity contribution is 6.17. The van der Waals surface area contributed by atoms with Crippen LogP contribution in [0.1, 0.15) is 90.1 Å². The first-order valence-electron chi connectivity index (χ1n) is 14.1.